The van der Waals surface area contributed by atoms with Crippen molar-refractivity contribution in [3.63, 3.8) is 0 Å². The summed E-state index contributed by atoms with van der Waals surface area (Å²) < 4.78 is 32.8. The summed E-state index contributed by atoms with van der Waals surface area (Å²) in [6, 6.07) is 17.1. The van der Waals surface area contributed by atoms with Gasteiger partial charge in [0.2, 0.25) is 10.0 Å². The van der Waals surface area contributed by atoms with E-state index in [1.54, 1.807) is 28.6 Å². The highest BCUT2D eigenvalue weighted by molar-refractivity contribution is 7.89. The Hall–Kier alpha value is -2.31. The average molecular weight is 385 g/mol. The number of hydrogen-bond acceptors (Lipinski definition) is 3. The van der Waals surface area contributed by atoms with E-state index in [0.29, 0.717) is 36.3 Å². The van der Waals surface area contributed by atoms with Gasteiger partial charge in [-0.3, -0.25) is 0 Å². The van der Waals surface area contributed by atoms with Gasteiger partial charge in [0.15, 0.2) is 0 Å². The van der Waals surface area contributed by atoms with Crippen LogP contribution in [0.15, 0.2) is 59.5 Å². The van der Waals surface area contributed by atoms with Crippen molar-refractivity contribution in [3.8, 4) is 5.75 Å². The minimum absolute atomic E-state index is 0.329. The van der Waals surface area contributed by atoms with Gasteiger partial charge < -0.3 is 9.72 Å². The zero-order valence-corrected chi connectivity index (χ0v) is 16.2. The van der Waals surface area contributed by atoms with Crippen LogP contribution in [0.1, 0.15) is 31.4 Å². The molecule has 1 fully saturated rings. The lowest BCUT2D eigenvalue weighted by molar-refractivity contribution is 0.317. The van der Waals surface area contributed by atoms with Gasteiger partial charge in [0.1, 0.15) is 5.75 Å². The standard InChI is InChI=1S/C21H24N2O3S/c1-2-26-18-7-9-19(10-8-18)27(24,25)23-13-11-16(12-14-23)21-15-17-5-3-4-6-20(17)22-21/h3-10,15-16,22H,2,11-14H2,1H3. The van der Waals surface area contributed by atoms with Crippen molar-refractivity contribution in [2.45, 2.75) is 30.6 Å². The fraction of sp³-hybridized carbons (Fsp3) is 0.333. The van der Waals surface area contributed by atoms with Crippen LogP contribution in [0.4, 0.5) is 0 Å². The number of H-pyrrole nitrogens is 1. The first kappa shape index (κ1) is 18.1. The highest BCUT2D eigenvalue weighted by Gasteiger charge is 2.30. The van der Waals surface area contributed by atoms with Crippen molar-refractivity contribution in [2.24, 2.45) is 0 Å². The molecule has 0 spiro atoms. The monoisotopic (exact) mass is 384 g/mol. The van der Waals surface area contributed by atoms with Gasteiger partial charge in [-0.25, -0.2) is 8.42 Å². The van der Waals surface area contributed by atoms with Gasteiger partial charge in [-0.1, -0.05) is 18.2 Å². The number of rotatable bonds is 5. The van der Waals surface area contributed by atoms with E-state index in [1.807, 2.05) is 19.1 Å². The Balaban J connectivity index is 1.46. The number of fused-ring (bicyclic) bond motifs is 1. The van der Waals surface area contributed by atoms with E-state index in [-0.39, 0.29) is 0 Å². The number of nitrogens with zero attached hydrogens (tertiary/aromatic N) is 1. The second kappa shape index (κ2) is 7.37. The summed E-state index contributed by atoms with van der Waals surface area (Å²) in [5, 5.41) is 1.21. The lowest BCUT2D eigenvalue weighted by Crippen LogP contribution is -2.37. The van der Waals surface area contributed by atoms with Gasteiger partial charge in [-0.05, 0) is 61.5 Å². The number of hydrogen-bond donors (Lipinski definition) is 1. The largest absolute Gasteiger partial charge is 0.494 e. The first-order chi connectivity index (χ1) is 13.1. The molecule has 1 saturated heterocycles. The normalized spacial score (nSPS) is 16.6. The minimum Gasteiger partial charge on any atom is -0.494 e. The molecule has 0 atom stereocenters. The van der Waals surface area contributed by atoms with Gasteiger partial charge in [0.05, 0.1) is 11.5 Å². The number of para-hydroxylation sites is 1. The Kier molecular flexibility index (Phi) is 4.93. The summed E-state index contributed by atoms with van der Waals surface area (Å²) in [6.07, 6.45) is 1.65. The molecule has 0 amide bonds. The molecule has 3 aromatic rings. The maximum Gasteiger partial charge on any atom is 0.243 e. The van der Waals surface area contributed by atoms with E-state index < -0.39 is 10.0 Å². The average Bonchev–Trinajstić information content (AvgIpc) is 3.13. The molecule has 0 unspecified atom stereocenters. The van der Waals surface area contributed by atoms with E-state index in [2.05, 4.69) is 23.2 Å². The maximum atomic E-state index is 12.9. The van der Waals surface area contributed by atoms with E-state index >= 15 is 0 Å². The molecule has 1 aliphatic rings. The molecule has 1 aromatic heterocycles. The molecule has 0 bridgehead atoms. The Morgan fingerprint density at radius 2 is 1.78 bits per heavy atom. The summed E-state index contributed by atoms with van der Waals surface area (Å²) in [5.41, 5.74) is 2.34. The third-order valence-electron chi connectivity index (χ3n) is 5.22. The van der Waals surface area contributed by atoms with Crippen molar-refractivity contribution in [1.82, 2.24) is 9.29 Å². The van der Waals surface area contributed by atoms with E-state index in [4.69, 9.17) is 4.74 Å². The van der Waals surface area contributed by atoms with Crippen molar-refractivity contribution >= 4 is 20.9 Å². The van der Waals surface area contributed by atoms with Gasteiger partial charge in [-0.15, -0.1) is 0 Å². The first-order valence-corrected chi connectivity index (χ1v) is 10.8. The number of ether oxygens (including phenoxy) is 1. The van der Waals surface area contributed by atoms with E-state index in [9.17, 15) is 8.42 Å². The Labute approximate surface area is 160 Å². The molecule has 1 aliphatic heterocycles. The molecular formula is C21H24N2O3S. The predicted octanol–water partition coefficient (Wildman–Crippen LogP) is 4.13. The highest BCUT2D eigenvalue weighted by atomic mass is 32.2. The SMILES string of the molecule is CCOc1ccc(S(=O)(=O)N2CCC(c3cc4ccccc4[nH]3)CC2)cc1. The molecule has 5 nitrogen and oxygen atoms in total. The first-order valence-electron chi connectivity index (χ1n) is 9.38. The molecule has 6 heteroatoms. The third kappa shape index (κ3) is 3.59. The summed E-state index contributed by atoms with van der Waals surface area (Å²) in [6.45, 7) is 3.54. The molecule has 27 heavy (non-hydrogen) atoms. The lowest BCUT2D eigenvalue weighted by atomic mass is 9.95. The van der Waals surface area contributed by atoms with Crippen LogP contribution >= 0.6 is 0 Å². The molecular weight excluding hydrogens is 360 g/mol. The highest BCUT2D eigenvalue weighted by Crippen LogP contribution is 2.32. The Morgan fingerprint density at radius 1 is 1.07 bits per heavy atom. The summed E-state index contributed by atoms with van der Waals surface area (Å²) in [5.74, 6) is 1.05. The van der Waals surface area contributed by atoms with Crippen LogP contribution < -0.4 is 4.74 Å². The van der Waals surface area contributed by atoms with Gasteiger partial charge in [0.25, 0.3) is 0 Å². The number of sulfonamides is 1. The summed E-state index contributed by atoms with van der Waals surface area (Å²) in [4.78, 5) is 3.82. The number of aromatic amines is 1. The van der Waals surface area contributed by atoms with Crippen LogP contribution in [0.3, 0.4) is 0 Å². The molecule has 142 valence electrons. The molecule has 2 aromatic carbocycles. The van der Waals surface area contributed by atoms with Gasteiger partial charge in [-0.2, -0.15) is 4.31 Å². The van der Waals surface area contributed by atoms with Crippen LogP contribution in [-0.4, -0.2) is 37.4 Å². The smallest absolute Gasteiger partial charge is 0.243 e. The zero-order chi connectivity index (χ0) is 18.9. The summed E-state index contributed by atoms with van der Waals surface area (Å²) in [7, 11) is -3.46. The second-order valence-electron chi connectivity index (χ2n) is 6.89. The molecule has 0 aliphatic carbocycles. The van der Waals surface area contributed by atoms with E-state index in [0.717, 1.165) is 18.4 Å². The van der Waals surface area contributed by atoms with Crippen molar-refractivity contribution in [1.29, 1.82) is 0 Å². The van der Waals surface area contributed by atoms with Crippen LogP contribution in [0, 0.1) is 0 Å². The third-order valence-corrected chi connectivity index (χ3v) is 7.13. The van der Waals surface area contributed by atoms with Crippen LogP contribution in [0.2, 0.25) is 0 Å². The topological polar surface area (TPSA) is 62.4 Å². The Morgan fingerprint density at radius 3 is 2.44 bits per heavy atom. The number of nitrogens with one attached hydrogen (secondary N) is 1. The molecule has 0 saturated carbocycles. The summed E-state index contributed by atoms with van der Waals surface area (Å²) >= 11 is 0. The zero-order valence-electron chi connectivity index (χ0n) is 15.4. The van der Waals surface area contributed by atoms with Crippen molar-refractivity contribution in [3.05, 3.63) is 60.3 Å². The predicted molar refractivity (Wildman–Crippen MR) is 107 cm³/mol. The fourth-order valence-corrected chi connectivity index (χ4v) is 5.22. The van der Waals surface area contributed by atoms with Crippen molar-refractivity contribution in [2.75, 3.05) is 19.7 Å². The lowest BCUT2D eigenvalue weighted by Gasteiger charge is -2.30. The van der Waals surface area contributed by atoms with Gasteiger partial charge in [0, 0.05) is 30.2 Å². The molecule has 0 radical (unpaired) electrons. The van der Waals surface area contributed by atoms with Crippen molar-refractivity contribution < 1.29 is 13.2 Å². The maximum absolute atomic E-state index is 12.9. The molecule has 1 N–H and O–H groups in total. The van der Waals surface area contributed by atoms with Crippen LogP contribution in [0.5, 0.6) is 5.75 Å². The van der Waals surface area contributed by atoms with Crippen LogP contribution in [0.25, 0.3) is 10.9 Å². The van der Waals surface area contributed by atoms with Gasteiger partial charge >= 0.3 is 0 Å². The minimum atomic E-state index is -3.46. The Bertz CT molecular complexity index is 984. The number of benzene rings is 2. The molecule has 2 heterocycles. The number of piperidine rings is 1. The van der Waals surface area contributed by atoms with Crippen LogP contribution in [-0.2, 0) is 10.0 Å². The quantitative estimate of drug-likeness (QED) is 0.719. The molecule has 4 rings (SSSR count). The number of aromatic nitrogens is 1. The fourth-order valence-electron chi connectivity index (χ4n) is 3.75. The van der Waals surface area contributed by atoms with E-state index in [1.165, 1.54) is 11.1 Å². The second-order valence-corrected chi connectivity index (χ2v) is 8.83.